The van der Waals surface area contributed by atoms with Crippen molar-refractivity contribution >= 4 is 28.4 Å². The normalized spacial score (nSPS) is 11.8. The smallest absolute Gasteiger partial charge is 0.403 e. The molecule has 1 aromatic rings. The number of halogens is 7. The minimum atomic E-state index is -5.18. The number of hydrogen-bond acceptors (Lipinski definition) is 3. The Labute approximate surface area is 113 Å². The van der Waals surface area contributed by atoms with E-state index in [1.165, 1.54) is 0 Å². The molecule has 0 atom stereocenters. The summed E-state index contributed by atoms with van der Waals surface area (Å²) < 4.78 is 65.3. The maximum Gasteiger partial charge on any atom is 0.573 e. The number of carbonyl (C=O) groups excluding carboxylic acids is 1. The maximum atomic E-state index is 12.8. The van der Waals surface area contributed by atoms with Crippen LogP contribution in [-0.4, -0.2) is 16.6 Å². The van der Waals surface area contributed by atoms with E-state index in [9.17, 15) is 26.7 Å². The van der Waals surface area contributed by atoms with Crippen molar-refractivity contribution in [2.75, 3.05) is 0 Å². The molecule has 10 heteroatoms. The van der Waals surface area contributed by atoms with Crippen LogP contribution >= 0.6 is 23.2 Å². The Hall–Kier alpha value is -1.15. The minimum absolute atomic E-state index is 0.449. The number of nitrogens with zero attached hydrogens (tertiary/aromatic N) is 1. The minimum Gasteiger partial charge on any atom is -0.403 e. The fourth-order valence-corrected chi connectivity index (χ4v) is 1.70. The molecule has 0 amide bonds. The summed E-state index contributed by atoms with van der Waals surface area (Å²) in [4.78, 5) is 14.4. The van der Waals surface area contributed by atoms with Gasteiger partial charge in [-0.25, -0.2) is 8.78 Å². The van der Waals surface area contributed by atoms with Crippen molar-refractivity contribution in [1.82, 2.24) is 4.98 Å². The van der Waals surface area contributed by atoms with E-state index in [2.05, 4.69) is 9.72 Å². The predicted octanol–water partition coefficient (Wildman–Crippen LogP) is 4.04. The molecule has 0 saturated heterocycles. The second-order valence-electron chi connectivity index (χ2n) is 3.11. The second kappa shape index (κ2) is 5.87. The van der Waals surface area contributed by atoms with E-state index in [-0.39, 0.29) is 0 Å². The average Bonchev–Trinajstić information content (AvgIpc) is 2.25. The van der Waals surface area contributed by atoms with Crippen LogP contribution in [0.4, 0.5) is 22.0 Å². The van der Waals surface area contributed by atoms with Crippen LogP contribution in [0.2, 0.25) is 0 Å². The number of carbonyl (C=O) groups is 1. The molecule has 0 saturated carbocycles. The van der Waals surface area contributed by atoms with Crippen molar-refractivity contribution < 1.29 is 31.5 Å². The first kappa shape index (κ1) is 15.9. The monoisotopic (exact) mass is 323 g/mol. The van der Waals surface area contributed by atoms with Crippen molar-refractivity contribution in [3.8, 4) is 5.75 Å². The summed E-state index contributed by atoms with van der Waals surface area (Å²) in [7, 11) is 0. The van der Waals surface area contributed by atoms with Crippen molar-refractivity contribution in [3.05, 3.63) is 23.0 Å². The first-order valence-corrected chi connectivity index (χ1v) is 5.40. The first-order valence-electron chi connectivity index (χ1n) is 4.48. The van der Waals surface area contributed by atoms with E-state index in [4.69, 9.17) is 23.2 Å². The van der Waals surface area contributed by atoms with Gasteiger partial charge < -0.3 is 4.74 Å². The summed E-state index contributed by atoms with van der Waals surface area (Å²) in [6.45, 7) is 0. The Morgan fingerprint density at radius 3 is 2.37 bits per heavy atom. The molecule has 0 fully saturated rings. The fraction of sp³-hybridized carbons (Fsp3) is 0.333. The van der Waals surface area contributed by atoms with E-state index < -0.39 is 46.5 Å². The van der Waals surface area contributed by atoms with Gasteiger partial charge in [-0.3, -0.25) is 9.78 Å². The molecule has 1 aromatic heterocycles. The van der Waals surface area contributed by atoms with Gasteiger partial charge in [-0.1, -0.05) is 0 Å². The Morgan fingerprint density at radius 1 is 1.42 bits per heavy atom. The van der Waals surface area contributed by atoms with Crippen LogP contribution in [0.1, 0.15) is 28.0 Å². The zero-order valence-corrected chi connectivity index (χ0v) is 10.3. The van der Waals surface area contributed by atoms with Crippen molar-refractivity contribution in [3.63, 3.8) is 0 Å². The molecule has 0 aromatic carbocycles. The molecule has 3 nitrogen and oxygen atoms in total. The van der Waals surface area contributed by atoms with Crippen LogP contribution < -0.4 is 4.74 Å². The summed E-state index contributed by atoms with van der Waals surface area (Å²) in [5, 5.41) is -1.52. The third kappa shape index (κ3) is 3.90. The summed E-state index contributed by atoms with van der Waals surface area (Å²) in [6.07, 6.45) is -7.99. The number of rotatable bonds is 4. The SMILES string of the molecule is O=C(Cl)c1c(OC(F)(F)F)cnc(CCl)c1C(F)F. The van der Waals surface area contributed by atoms with Gasteiger partial charge in [0.25, 0.3) is 11.7 Å². The van der Waals surface area contributed by atoms with E-state index in [0.29, 0.717) is 6.20 Å². The topological polar surface area (TPSA) is 39.2 Å². The summed E-state index contributed by atoms with van der Waals surface area (Å²) in [6, 6.07) is 0. The second-order valence-corrected chi connectivity index (χ2v) is 3.72. The van der Waals surface area contributed by atoms with Gasteiger partial charge >= 0.3 is 6.36 Å². The van der Waals surface area contributed by atoms with Crippen LogP contribution in [0.3, 0.4) is 0 Å². The summed E-state index contributed by atoms with van der Waals surface area (Å²) in [5.74, 6) is -1.72. The molecule has 0 radical (unpaired) electrons. The Balaban J connectivity index is 3.49. The zero-order valence-electron chi connectivity index (χ0n) is 8.77. The van der Waals surface area contributed by atoms with E-state index in [0.717, 1.165) is 0 Å². The molecule has 106 valence electrons. The van der Waals surface area contributed by atoms with Gasteiger partial charge in [0.15, 0.2) is 5.75 Å². The molecule has 19 heavy (non-hydrogen) atoms. The Morgan fingerprint density at radius 2 is 2.00 bits per heavy atom. The van der Waals surface area contributed by atoms with E-state index in [1.807, 2.05) is 0 Å². The highest BCUT2D eigenvalue weighted by Crippen LogP contribution is 2.35. The third-order valence-corrected chi connectivity index (χ3v) is 2.37. The molecule has 0 aliphatic rings. The lowest BCUT2D eigenvalue weighted by Crippen LogP contribution is -2.20. The largest absolute Gasteiger partial charge is 0.573 e. The zero-order chi connectivity index (χ0) is 14.8. The van der Waals surface area contributed by atoms with Gasteiger partial charge in [-0.05, 0) is 11.6 Å². The van der Waals surface area contributed by atoms with Gasteiger partial charge in [0, 0.05) is 0 Å². The lowest BCUT2D eigenvalue weighted by atomic mass is 10.1. The molecule has 0 aliphatic heterocycles. The lowest BCUT2D eigenvalue weighted by molar-refractivity contribution is -0.274. The quantitative estimate of drug-likeness (QED) is 0.477. The Bertz CT molecular complexity index is 492. The van der Waals surface area contributed by atoms with Gasteiger partial charge in [0.2, 0.25) is 0 Å². The molecular formula is C9H4Cl2F5NO2. The van der Waals surface area contributed by atoms with Crippen LogP contribution in [-0.2, 0) is 5.88 Å². The van der Waals surface area contributed by atoms with Gasteiger partial charge in [-0.2, -0.15) is 0 Å². The average molecular weight is 324 g/mol. The highest BCUT2D eigenvalue weighted by atomic mass is 35.5. The highest BCUT2D eigenvalue weighted by molar-refractivity contribution is 6.68. The van der Waals surface area contributed by atoms with Gasteiger partial charge in [0.1, 0.15) is 0 Å². The number of ether oxygens (including phenoxy) is 1. The van der Waals surface area contributed by atoms with Crippen molar-refractivity contribution in [1.29, 1.82) is 0 Å². The molecule has 0 N–H and O–H groups in total. The highest BCUT2D eigenvalue weighted by Gasteiger charge is 2.35. The van der Waals surface area contributed by atoms with Crippen molar-refractivity contribution in [2.45, 2.75) is 18.7 Å². The van der Waals surface area contributed by atoms with Crippen molar-refractivity contribution in [2.24, 2.45) is 0 Å². The maximum absolute atomic E-state index is 12.8. The number of alkyl halides is 6. The van der Waals surface area contributed by atoms with Crippen LogP contribution in [0, 0.1) is 0 Å². The van der Waals surface area contributed by atoms with Gasteiger partial charge in [0.05, 0.1) is 28.9 Å². The van der Waals surface area contributed by atoms with Crippen LogP contribution in [0.25, 0.3) is 0 Å². The van der Waals surface area contributed by atoms with Crippen LogP contribution in [0.5, 0.6) is 5.75 Å². The summed E-state index contributed by atoms with van der Waals surface area (Å²) in [5.41, 5.74) is -2.62. The predicted molar refractivity (Wildman–Crippen MR) is 55.6 cm³/mol. The van der Waals surface area contributed by atoms with E-state index in [1.54, 1.807) is 0 Å². The molecule has 1 heterocycles. The first-order chi connectivity index (χ1) is 8.67. The molecule has 0 spiro atoms. The van der Waals surface area contributed by atoms with Crippen LogP contribution in [0.15, 0.2) is 6.20 Å². The fourth-order valence-electron chi connectivity index (χ4n) is 1.29. The number of pyridine rings is 1. The molecule has 0 bridgehead atoms. The molecular weight excluding hydrogens is 320 g/mol. The molecule has 0 aliphatic carbocycles. The molecule has 0 unspecified atom stereocenters. The number of hydrogen-bond donors (Lipinski definition) is 0. The summed E-state index contributed by atoms with van der Waals surface area (Å²) >= 11 is 10.3. The molecule has 1 rings (SSSR count). The number of aromatic nitrogens is 1. The Kier molecular flexibility index (Phi) is 4.92. The van der Waals surface area contributed by atoms with Gasteiger partial charge in [-0.15, -0.1) is 24.8 Å². The third-order valence-electron chi connectivity index (χ3n) is 1.93. The standard InChI is InChI=1S/C9H4Cl2F5NO2/c10-1-3-5(8(12)13)6(7(11)18)4(2-17-3)19-9(14,15)16/h2,8H,1H2. The van der Waals surface area contributed by atoms with E-state index >= 15 is 0 Å². The lowest BCUT2D eigenvalue weighted by Gasteiger charge is -2.15.